The van der Waals surface area contributed by atoms with Gasteiger partial charge in [-0.15, -0.1) is 0 Å². The van der Waals surface area contributed by atoms with E-state index in [-0.39, 0.29) is 11.4 Å². The van der Waals surface area contributed by atoms with Crippen molar-refractivity contribution < 1.29 is 19.2 Å². The van der Waals surface area contributed by atoms with Gasteiger partial charge in [-0.1, -0.05) is 0 Å². The number of nitrogens with zero attached hydrogens (tertiary/aromatic N) is 1. The van der Waals surface area contributed by atoms with Gasteiger partial charge in [-0.05, 0) is 26.8 Å². The van der Waals surface area contributed by atoms with E-state index in [1.807, 2.05) is 0 Å². The first kappa shape index (κ1) is 15.5. The number of hydrogen-bond acceptors (Lipinski definition) is 6. The lowest BCUT2D eigenvalue weighted by Crippen LogP contribution is -2.35. The van der Waals surface area contributed by atoms with E-state index in [0.29, 0.717) is 5.69 Å². The van der Waals surface area contributed by atoms with E-state index < -0.39 is 16.6 Å². The zero-order valence-corrected chi connectivity index (χ0v) is 11.7. The maximum absolute atomic E-state index is 11.5. The Morgan fingerprint density at radius 1 is 1.35 bits per heavy atom. The highest BCUT2D eigenvalue weighted by atomic mass is 16.6. The third kappa shape index (κ3) is 4.63. The Bertz CT molecular complexity index is 510. The number of carbonyl (C=O) groups is 1. The number of anilines is 1. The number of carbonyl (C=O) groups excluding carboxylic acids is 1. The van der Waals surface area contributed by atoms with Crippen LogP contribution < -0.4 is 15.6 Å². The zero-order valence-electron chi connectivity index (χ0n) is 11.7. The van der Waals surface area contributed by atoms with Gasteiger partial charge in [0.15, 0.2) is 5.75 Å². The molecule has 0 aliphatic heterocycles. The third-order valence-corrected chi connectivity index (χ3v) is 2.09. The average Bonchev–Trinajstić information content (AvgIpc) is 2.33. The van der Waals surface area contributed by atoms with Crippen LogP contribution in [0.5, 0.6) is 5.75 Å². The van der Waals surface area contributed by atoms with Crippen molar-refractivity contribution in [2.45, 2.75) is 26.4 Å². The van der Waals surface area contributed by atoms with Gasteiger partial charge < -0.3 is 9.47 Å². The second-order valence-electron chi connectivity index (χ2n) is 4.89. The molecule has 2 N–H and O–H groups in total. The molecule has 0 aromatic heterocycles. The van der Waals surface area contributed by atoms with Crippen molar-refractivity contribution in [3.8, 4) is 5.75 Å². The minimum absolute atomic E-state index is 0.107. The summed E-state index contributed by atoms with van der Waals surface area (Å²) in [5.41, 5.74) is 4.55. The van der Waals surface area contributed by atoms with Gasteiger partial charge in [0.25, 0.3) is 5.69 Å². The van der Waals surface area contributed by atoms with Gasteiger partial charge in [0, 0.05) is 6.07 Å². The fourth-order valence-electron chi connectivity index (χ4n) is 1.32. The zero-order chi connectivity index (χ0) is 15.3. The Morgan fingerprint density at radius 3 is 2.50 bits per heavy atom. The first-order chi connectivity index (χ1) is 9.23. The second kappa shape index (κ2) is 6.09. The van der Waals surface area contributed by atoms with Crippen molar-refractivity contribution in [3.63, 3.8) is 0 Å². The maximum atomic E-state index is 11.5. The van der Waals surface area contributed by atoms with E-state index in [0.717, 1.165) is 0 Å². The van der Waals surface area contributed by atoms with Crippen molar-refractivity contribution in [3.05, 3.63) is 28.3 Å². The summed E-state index contributed by atoms with van der Waals surface area (Å²) >= 11 is 0. The molecule has 110 valence electrons. The molecule has 1 rings (SSSR count). The van der Waals surface area contributed by atoms with Crippen LogP contribution in [0.25, 0.3) is 0 Å². The Kier molecular flexibility index (Phi) is 4.73. The van der Waals surface area contributed by atoms with Crippen LogP contribution in [-0.4, -0.2) is 23.7 Å². The molecule has 0 fully saturated rings. The van der Waals surface area contributed by atoms with Crippen LogP contribution in [0.2, 0.25) is 0 Å². The first-order valence-corrected chi connectivity index (χ1v) is 5.80. The Balaban J connectivity index is 2.73. The number of hydrazine groups is 1. The summed E-state index contributed by atoms with van der Waals surface area (Å²) in [6.45, 7) is 5.21. The normalized spacial score (nSPS) is 10.6. The van der Waals surface area contributed by atoms with E-state index in [1.165, 1.54) is 25.3 Å². The minimum atomic E-state index is -0.669. The lowest BCUT2D eigenvalue weighted by molar-refractivity contribution is -0.384. The summed E-state index contributed by atoms with van der Waals surface area (Å²) in [5.74, 6) is 0.232. The molecule has 0 unspecified atom stereocenters. The number of rotatable bonds is 4. The van der Waals surface area contributed by atoms with Gasteiger partial charge in [0.1, 0.15) is 5.60 Å². The fourth-order valence-corrected chi connectivity index (χ4v) is 1.32. The van der Waals surface area contributed by atoms with Crippen LogP contribution in [0, 0.1) is 10.1 Å². The molecule has 1 aromatic rings. The number of methoxy groups -OCH3 is 1. The standard InChI is InChI=1S/C12H17N3O5/c1-12(2,3)20-11(16)14-13-9-6-5-8(15(17)18)7-10(9)19-4/h5-7,13H,1-4H3,(H,14,16). The van der Waals surface area contributed by atoms with E-state index in [2.05, 4.69) is 10.9 Å². The molecular formula is C12H17N3O5. The van der Waals surface area contributed by atoms with Crippen LogP contribution in [-0.2, 0) is 4.74 Å². The summed E-state index contributed by atoms with van der Waals surface area (Å²) in [4.78, 5) is 21.6. The monoisotopic (exact) mass is 283 g/mol. The smallest absolute Gasteiger partial charge is 0.426 e. The number of ether oxygens (including phenoxy) is 2. The third-order valence-electron chi connectivity index (χ3n) is 2.09. The van der Waals surface area contributed by atoms with Gasteiger partial charge in [0.2, 0.25) is 0 Å². The average molecular weight is 283 g/mol. The van der Waals surface area contributed by atoms with E-state index in [4.69, 9.17) is 9.47 Å². The largest absolute Gasteiger partial charge is 0.494 e. The minimum Gasteiger partial charge on any atom is -0.494 e. The van der Waals surface area contributed by atoms with Crippen molar-refractivity contribution >= 4 is 17.5 Å². The van der Waals surface area contributed by atoms with Gasteiger partial charge in [0.05, 0.1) is 23.8 Å². The predicted octanol–water partition coefficient (Wildman–Crippen LogP) is 2.46. The Hall–Kier alpha value is -2.51. The summed E-state index contributed by atoms with van der Waals surface area (Å²) in [6.07, 6.45) is -0.669. The van der Waals surface area contributed by atoms with Crippen LogP contribution in [0.4, 0.5) is 16.2 Å². The van der Waals surface area contributed by atoms with Crippen molar-refractivity contribution in [2.24, 2.45) is 0 Å². The van der Waals surface area contributed by atoms with Gasteiger partial charge in [-0.2, -0.15) is 0 Å². The molecular weight excluding hydrogens is 266 g/mol. The molecule has 0 atom stereocenters. The van der Waals surface area contributed by atoms with Gasteiger partial charge in [-0.3, -0.25) is 15.5 Å². The fraction of sp³-hybridized carbons (Fsp3) is 0.417. The van der Waals surface area contributed by atoms with E-state index in [1.54, 1.807) is 20.8 Å². The summed E-state index contributed by atoms with van der Waals surface area (Å²) in [6, 6.07) is 3.97. The quantitative estimate of drug-likeness (QED) is 0.650. The van der Waals surface area contributed by atoms with Gasteiger partial charge >= 0.3 is 6.09 Å². The molecule has 0 spiro atoms. The predicted molar refractivity (Wildman–Crippen MR) is 72.6 cm³/mol. The lowest BCUT2D eigenvalue weighted by Gasteiger charge is -2.20. The number of nitrogens with one attached hydrogen (secondary N) is 2. The molecule has 8 nitrogen and oxygen atoms in total. The molecule has 0 saturated heterocycles. The molecule has 0 radical (unpaired) electrons. The van der Waals surface area contributed by atoms with Gasteiger partial charge in [-0.25, -0.2) is 10.2 Å². The van der Waals surface area contributed by atoms with Crippen molar-refractivity contribution in [2.75, 3.05) is 12.5 Å². The number of hydrogen-bond donors (Lipinski definition) is 2. The van der Waals surface area contributed by atoms with E-state index in [9.17, 15) is 14.9 Å². The molecule has 0 saturated carbocycles. The molecule has 20 heavy (non-hydrogen) atoms. The number of nitro benzene ring substituents is 1. The topological polar surface area (TPSA) is 103 Å². The highest BCUT2D eigenvalue weighted by Crippen LogP contribution is 2.28. The number of amides is 1. The SMILES string of the molecule is COc1cc([N+](=O)[O-])ccc1NNC(=O)OC(C)(C)C. The van der Waals surface area contributed by atoms with Crippen LogP contribution in [0.1, 0.15) is 20.8 Å². The maximum Gasteiger partial charge on any atom is 0.426 e. The summed E-state index contributed by atoms with van der Waals surface area (Å²) in [7, 11) is 1.37. The number of non-ortho nitro benzene ring substituents is 1. The molecule has 0 aliphatic carbocycles. The summed E-state index contributed by atoms with van der Waals surface area (Å²) in [5, 5.41) is 10.6. The van der Waals surface area contributed by atoms with Crippen molar-refractivity contribution in [1.29, 1.82) is 0 Å². The lowest BCUT2D eigenvalue weighted by atomic mass is 10.2. The van der Waals surface area contributed by atoms with Crippen LogP contribution in [0.3, 0.4) is 0 Å². The molecule has 0 heterocycles. The summed E-state index contributed by atoms with van der Waals surface area (Å²) < 4.78 is 10.0. The number of nitro groups is 1. The number of benzene rings is 1. The second-order valence-corrected chi connectivity index (χ2v) is 4.89. The van der Waals surface area contributed by atoms with Crippen LogP contribution >= 0.6 is 0 Å². The molecule has 8 heteroatoms. The first-order valence-electron chi connectivity index (χ1n) is 5.80. The molecule has 0 bridgehead atoms. The van der Waals surface area contributed by atoms with Crippen LogP contribution in [0.15, 0.2) is 18.2 Å². The molecule has 1 aromatic carbocycles. The van der Waals surface area contributed by atoms with Crippen molar-refractivity contribution in [1.82, 2.24) is 5.43 Å². The molecule has 1 amide bonds. The van der Waals surface area contributed by atoms with E-state index >= 15 is 0 Å². The highest BCUT2D eigenvalue weighted by molar-refractivity contribution is 5.71. The molecule has 0 aliphatic rings. The highest BCUT2D eigenvalue weighted by Gasteiger charge is 2.17. The Morgan fingerprint density at radius 2 is 2.00 bits per heavy atom. The Labute approximate surface area is 116 Å².